The highest BCUT2D eigenvalue weighted by Crippen LogP contribution is 2.16. The van der Waals surface area contributed by atoms with Crippen LogP contribution in [0, 0.1) is 11.3 Å². The summed E-state index contributed by atoms with van der Waals surface area (Å²) in [6, 6.07) is 9.94. The zero-order chi connectivity index (χ0) is 9.80. The van der Waals surface area contributed by atoms with Crippen molar-refractivity contribution in [3.05, 3.63) is 36.0 Å². The van der Waals surface area contributed by atoms with Gasteiger partial charge in [0.1, 0.15) is 0 Å². The van der Waals surface area contributed by atoms with E-state index >= 15 is 0 Å². The summed E-state index contributed by atoms with van der Waals surface area (Å²) in [6.07, 6.45) is 4.13. The number of nitriles is 1. The Bertz CT molecular complexity index is 502. The molecular formula is C11H9N3. The van der Waals surface area contributed by atoms with Gasteiger partial charge in [-0.05, 0) is 12.1 Å². The van der Waals surface area contributed by atoms with E-state index < -0.39 is 0 Å². The van der Waals surface area contributed by atoms with Crippen LogP contribution in [0.1, 0.15) is 12.1 Å². The summed E-state index contributed by atoms with van der Waals surface area (Å²) in [6.45, 7) is 0. The van der Waals surface area contributed by atoms with Crippen LogP contribution in [0.15, 0.2) is 30.3 Å². The molecular weight excluding hydrogens is 174 g/mol. The first-order valence-electron chi connectivity index (χ1n) is 4.38. The maximum absolute atomic E-state index is 8.38. The minimum Gasteiger partial charge on any atom is -0.277 e. The summed E-state index contributed by atoms with van der Waals surface area (Å²) in [5, 5.41) is 16.5. The highest BCUT2D eigenvalue weighted by atomic mass is 15.1. The van der Waals surface area contributed by atoms with Crippen LogP contribution in [-0.4, -0.2) is 10.2 Å². The third-order valence-corrected chi connectivity index (χ3v) is 1.98. The minimum absolute atomic E-state index is 0.424. The van der Waals surface area contributed by atoms with Crippen molar-refractivity contribution >= 4 is 17.0 Å². The van der Waals surface area contributed by atoms with Crippen LogP contribution in [0.3, 0.4) is 0 Å². The van der Waals surface area contributed by atoms with Gasteiger partial charge < -0.3 is 0 Å². The number of rotatable bonds is 2. The number of aromatic amines is 1. The molecule has 1 aromatic carbocycles. The van der Waals surface area contributed by atoms with Crippen LogP contribution in [0.25, 0.3) is 17.0 Å². The van der Waals surface area contributed by atoms with Gasteiger partial charge in [-0.25, -0.2) is 0 Å². The summed E-state index contributed by atoms with van der Waals surface area (Å²) < 4.78 is 0. The lowest BCUT2D eigenvalue weighted by atomic mass is 10.2. The van der Waals surface area contributed by atoms with Gasteiger partial charge >= 0.3 is 0 Å². The minimum atomic E-state index is 0.424. The van der Waals surface area contributed by atoms with E-state index in [2.05, 4.69) is 16.3 Å². The number of nitrogens with zero attached hydrogens (tertiary/aromatic N) is 2. The van der Waals surface area contributed by atoms with Crippen molar-refractivity contribution < 1.29 is 0 Å². The fourth-order valence-corrected chi connectivity index (χ4v) is 1.34. The first-order valence-corrected chi connectivity index (χ1v) is 4.38. The standard InChI is InChI=1S/C11H9N3/c12-8-4-3-7-11-9-5-1-2-6-10(9)13-14-11/h1-3,5-7H,4H2,(H,13,14). The maximum atomic E-state index is 8.38. The van der Waals surface area contributed by atoms with Gasteiger partial charge in [-0.3, -0.25) is 5.10 Å². The first-order chi connectivity index (χ1) is 6.92. The van der Waals surface area contributed by atoms with E-state index in [1.54, 1.807) is 0 Å². The molecule has 0 radical (unpaired) electrons. The number of hydrogen-bond donors (Lipinski definition) is 1. The lowest BCUT2D eigenvalue weighted by molar-refractivity contribution is 1.10. The quantitative estimate of drug-likeness (QED) is 0.777. The highest BCUT2D eigenvalue weighted by Gasteiger charge is 1.99. The molecule has 0 aliphatic carbocycles. The number of hydrogen-bond acceptors (Lipinski definition) is 2. The Labute approximate surface area is 81.7 Å². The monoisotopic (exact) mass is 183 g/mol. The lowest BCUT2D eigenvalue weighted by Gasteiger charge is -1.87. The molecule has 0 unspecified atom stereocenters. The number of allylic oxidation sites excluding steroid dienone is 1. The third kappa shape index (κ3) is 1.50. The first kappa shape index (κ1) is 8.52. The van der Waals surface area contributed by atoms with Gasteiger partial charge in [-0.15, -0.1) is 0 Å². The van der Waals surface area contributed by atoms with E-state index in [4.69, 9.17) is 5.26 Å². The molecule has 68 valence electrons. The summed E-state index contributed by atoms with van der Waals surface area (Å²) in [4.78, 5) is 0. The van der Waals surface area contributed by atoms with Crippen molar-refractivity contribution in [2.45, 2.75) is 6.42 Å². The molecule has 0 fully saturated rings. The van der Waals surface area contributed by atoms with Gasteiger partial charge in [0.25, 0.3) is 0 Å². The Hall–Kier alpha value is -2.08. The second kappa shape index (κ2) is 3.75. The zero-order valence-corrected chi connectivity index (χ0v) is 7.57. The zero-order valence-electron chi connectivity index (χ0n) is 7.57. The Morgan fingerprint density at radius 2 is 2.29 bits per heavy atom. The van der Waals surface area contributed by atoms with Crippen molar-refractivity contribution in [3.8, 4) is 6.07 Å². The van der Waals surface area contributed by atoms with Crippen LogP contribution < -0.4 is 0 Å². The van der Waals surface area contributed by atoms with E-state index in [9.17, 15) is 0 Å². The predicted octanol–water partition coefficient (Wildman–Crippen LogP) is 2.49. The van der Waals surface area contributed by atoms with Crippen LogP contribution in [0.4, 0.5) is 0 Å². The van der Waals surface area contributed by atoms with Crippen molar-refractivity contribution in [3.63, 3.8) is 0 Å². The lowest BCUT2D eigenvalue weighted by Crippen LogP contribution is -1.71. The Kier molecular flexibility index (Phi) is 2.28. The van der Waals surface area contributed by atoms with Crippen molar-refractivity contribution in [1.82, 2.24) is 10.2 Å². The SMILES string of the molecule is N#CCC=Cc1[nH]nc2ccccc12. The van der Waals surface area contributed by atoms with Crippen LogP contribution >= 0.6 is 0 Å². The molecule has 0 aliphatic rings. The van der Waals surface area contributed by atoms with Gasteiger partial charge in [0, 0.05) is 5.39 Å². The number of para-hydroxylation sites is 1. The molecule has 0 saturated heterocycles. The van der Waals surface area contributed by atoms with Gasteiger partial charge in [0.2, 0.25) is 0 Å². The molecule has 1 N–H and O–H groups in total. The number of nitrogens with one attached hydrogen (secondary N) is 1. The van der Waals surface area contributed by atoms with Gasteiger partial charge in [-0.1, -0.05) is 24.3 Å². The highest BCUT2D eigenvalue weighted by molar-refractivity contribution is 5.86. The second-order valence-corrected chi connectivity index (χ2v) is 2.92. The van der Waals surface area contributed by atoms with Crippen molar-refractivity contribution in [1.29, 1.82) is 5.26 Å². The summed E-state index contributed by atoms with van der Waals surface area (Å²) in [5.74, 6) is 0. The predicted molar refractivity (Wildman–Crippen MR) is 55.4 cm³/mol. The van der Waals surface area contributed by atoms with E-state index in [0.717, 1.165) is 16.6 Å². The van der Waals surface area contributed by atoms with E-state index in [-0.39, 0.29) is 0 Å². The molecule has 0 saturated carbocycles. The fourth-order valence-electron chi connectivity index (χ4n) is 1.34. The molecule has 3 heteroatoms. The van der Waals surface area contributed by atoms with Crippen molar-refractivity contribution in [2.24, 2.45) is 0 Å². The molecule has 0 amide bonds. The molecule has 0 aliphatic heterocycles. The van der Waals surface area contributed by atoms with Gasteiger partial charge in [0.05, 0.1) is 23.7 Å². The average molecular weight is 183 g/mol. The van der Waals surface area contributed by atoms with Crippen LogP contribution in [0.5, 0.6) is 0 Å². The molecule has 1 heterocycles. The summed E-state index contributed by atoms with van der Waals surface area (Å²) in [5.41, 5.74) is 1.90. The van der Waals surface area contributed by atoms with Gasteiger partial charge in [0.15, 0.2) is 0 Å². The summed E-state index contributed by atoms with van der Waals surface area (Å²) >= 11 is 0. The van der Waals surface area contributed by atoms with Crippen LogP contribution in [0.2, 0.25) is 0 Å². The molecule has 2 rings (SSSR count). The average Bonchev–Trinajstić information content (AvgIpc) is 2.63. The molecule has 14 heavy (non-hydrogen) atoms. The number of aromatic nitrogens is 2. The molecule has 0 bridgehead atoms. The number of fused-ring (bicyclic) bond motifs is 1. The van der Waals surface area contributed by atoms with Gasteiger partial charge in [-0.2, -0.15) is 10.4 Å². The van der Waals surface area contributed by atoms with E-state index in [1.165, 1.54) is 0 Å². The van der Waals surface area contributed by atoms with Crippen molar-refractivity contribution in [2.75, 3.05) is 0 Å². The second-order valence-electron chi connectivity index (χ2n) is 2.92. The maximum Gasteiger partial charge on any atom is 0.0927 e. The Morgan fingerprint density at radius 1 is 1.43 bits per heavy atom. The Balaban J connectivity index is 2.39. The molecule has 3 nitrogen and oxygen atoms in total. The third-order valence-electron chi connectivity index (χ3n) is 1.98. The largest absolute Gasteiger partial charge is 0.277 e. The Morgan fingerprint density at radius 3 is 3.14 bits per heavy atom. The molecule has 0 spiro atoms. The molecule has 2 aromatic rings. The smallest absolute Gasteiger partial charge is 0.0927 e. The number of H-pyrrole nitrogens is 1. The summed E-state index contributed by atoms with van der Waals surface area (Å²) in [7, 11) is 0. The molecule has 0 atom stereocenters. The van der Waals surface area contributed by atoms with E-state index in [1.807, 2.05) is 36.4 Å². The normalized spacial score (nSPS) is 10.8. The number of benzene rings is 1. The van der Waals surface area contributed by atoms with E-state index in [0.29, 0.717) is 6.42 Å². The molecule has 1 aromatic heterocycles. The van der Waals surface area contributed by atoms with Crippen LogP contribution in [-0.2, 0) is 0 Å². The fraction of sp³-hybridized carbons (Fsp3) is 0.0909. The topological polar surface area (TPSA) is 52.5 Å².